The van der Waals surface area contributed by atoms with Crippen LogP contribution in [0.15, 0.2) is 0 Å². The number of rotatable bonds is 35. The zero-order valence-corrected chi connectivity index (χ0v) is 42.7. The van der Waals surface area contributed by atoms with Gasteiger partial charge in [-0.05, 0) is 74.0 Å². The molecule has 0 saturated heterocycles. The van der Waals surface area contributed by atoms with Crippen molar-refractivity contribution in [3.63, 3.8) is 0 Å². The third-order valence-corrected chi connectivity index (χ3v) is 11.0. The molecule has 0 fully saturated rings. The zero-order valence-electron chi connectivity index (χ0n) is 42.7. The molecule has 0 aromatic heterocycles. The van der Waals surface area contributed by atoms with Gasteiger partial charge >= 0.3 is 35.8 Å². The SMILES string of the molecule is CC(C)C[C@H](N)[C@H](CC(=O)O)OC(=O)C[C@H](OC(=O)C[C@H](OC(=O)C[C@H](OC(=O)C[C@H](OC(=O)C[C@H](O)[C@@H](N)CC(C)C)[C@@H](N)CC(C)C)[C@@H](N)CC(C)C)[C@@H](N)CC(C)C)[C@@H](N)CC(C)C. The third-order valence-electron chi connectivity index (χ3n) is 11.0. The molecular formula is C48H92N6O13. The highest BCUT2D eigenvalue weighted by atomic mass is 16.6. The normalized spacial score (nSPS) is 17.5. The minimum atomic E-state index is -1.23. The average Bonchev–Trinajstić information content (AvgIpc) is 3.14. The Morgan fingerprint density at radius 3 is 0.701 bits per heavy atom. The Morgan fingerprint density at radius 2 is 0.507 bits per heavy atom. The molecule has 0 aromatic rings. The number of hydrogen-bond donors (Lipinski definition) is 8. The quantitative estimate of drug-likeness (QED) is 0.0332. The fourth-order valence-electron chi connectivity index (χ4n) is 7.82. The smallest absolute Gasteiger partial charge is 0.309 e. The molecule has 0 amide bonds. The van der Waals surface area contributed by atoms with Crippen LogP contribution < -0.4 is 34.4 Å². The van der Waals surface area contributed by atoms with Crippen LogP contribution in [0, 0.1) is 35.5 Å². The van der Waals surface area contributed by atoms with Crippen LogP contribution in [-0.4, -0.2) is 119 Å². The summed E-state index contributed by atoms with van der Waals surface area (Å²) in [7, 11) is 0. The van der Waals surface area contributed by atoms with Crippen molar-refractivity contribution in [2.45, 2.75) is 233 Å². The van der Waals surface area contributed by atoms with Gasteiger partial charge in [0.15, 0.2) is 0 Å². The number of carbonyl (C=O) groups is 6. The molecule has 0 spiro atoms. The number of aliphatic carboxylic acids is 1. The van der Waals surface area contributed by atoms with Crippen LogP contribution in [0.2, 0.25) is 0 Å². The Morgan fingerprint density at radius 1 is 0.328 bits per heavy atom. The second kappa shape index (κ2) is 32.4. The van der Waals surface area contributed by atoms with Crippen molar-refractivity contribution in [3.05, 3.63) is 0 Å². The third kappa shape index (κ3) is 29.2. The first-order chi connectivity index (χ1) is 30.9. The number of ether oxygens (including phenoxy) is 5. The molecule has 0 aliphatic carbocycles. The van der Waals surface area contributed by atoms with Crippen LogP contribution in [0.5, 0.6) is 0 Å². The molecule has 0 bridgehead atoms. The fraction of sp³-hybridized carbons (Fsp3) is 0.875. The molecule has 0 heterocycles. The van der Waals surface area contributed by atoms with Gasteiger partial charge in [0.05, 0.1) is 44.6 Å². The molecule has 0 unspecified atom stereocenters. The van der Waals surface area contributed by atoms with E-state index in [9.17, 15) is 39.0 Å². The second-order valence-electron chi connectivity index (χ2n) is 21.1. The summed E-state index contributed by atoms with van der Waals surface area (Å²) < 4.78 is 28.7. The summed E-state index contributed by atoms with van der Waals surface area (Å²) in [6.45, 7) is 22.9. The fourth-order valence-corrected chi connectivity index (χ4v) is 7.82. The van der Waals surface area contributed by atoms with E-state index in [1.54, 1.807) is 0 Å². The van der Waals surface area contributed by atoms with Crippen LogP contribution >= 0.6 is 0 Å². The summed E-state index contributed by atoms with van der Waals surface area (Å²) in [5.74, 6) is -4.99. The highest BCUT2D eigenvalue weighted by molar-refractivity contribution is 5.76. The number of carbonyl (C=O) groups excluding carboxylic acids is 5. The van der Waals surface area contributed by atoms with Crippen molar-refractivity contribution in [3.8, 4) is 0 Å². The van der Waals surface area contributed by atoms with Gasteiger partial charge in [0, 0.05) is 36.3 Å². The van der Waals surface area contributed by atoms with Crippen LogP contribution in [0.3, 0.4) is 0 Å². The van der Waals surface area contributed by atoms with Gasteiger partial charge in [-0.15, -0.1) is 0 Å². The van der Waals surface area contributed by atoms with Crippen molar-refractivity contribution in [1.29, 1.82) is 0 Å². The summed E-state index contributed by atoms with van der Waals surface area (Å²) in [6.07, 6.45) is -7.75. The standard InChI is InChI=1S/C48H92N6O13/c1-25(2)13-31(49)37(55)19-44(58)64-39(33(51)15-27(5)6)21-46(60)66-41(35(53)17-29(9)10)23-48(62)67-42(36(54)18-30(11)12)24-47(61)65-40(34(52)16-28(7)8)22-45(59)63-38(20-43(56)57)32(50)14-26(3)4/h25-42,55H,13-24,49-54H2,1-12H3,(H,56,57)/t31-,32-,33-,34-,35-,36-,37-,38-,39-,40-,41-,42-/m0/s1. The zero-order chi connectivity index (χ0) is 51.9. The Bertz CT molecular complexity index is 1480. The monoisotopic (exact) mass is 961 g/mol. The number of esters is 5. The Balaban J connectivity index is 6.42. The average molecular weight is 961 g/mol. The van der Waals surface area contributed by atoms with E-state index in [-0.39, 0.29) is 35.5 Å². The van der Waals surface area contributed by atoms with Crippen molar-refractivity contribution in [1.82, 2.24) is 0 Å². The second-order valence-corrected chi connectivity index (χ2v) is 21.1. The number of hydrogen-bond acceptors (Lipinski definition) is 18. The Kier molecular flexibility index (Phi) is 30.7. The number of carboxylic acids is 1. The Labute approximate surface area is 400 Å². The molecule has 0 radical (unpaired) electrons. The summed E-state index contributed by atoms with van der Waals surface area (Å²) in [6, 6.07) is -4.73. The lowest BCUT2D eigenvalue weighted by Crippen LogP contribution is -2.46. The van der Waals surface area contributed by atoms with Crippen LogP contribution in [0.25, 0.3) is 0 Å². The van der Waals surface area contributed by atoms with Crippen molar-refractivity contribution >= 4 is 35.8 Å². The summed E-state index contributed by atoms with van der Waals surface area (Å²) in [5.41, 5.74) is 38.3. The maximum atomic E-state index is 13.8. The lowest BCUT2D eigenvalue weighted by Gasteiger charge is -2.30. The van der Waals surface area contributed by atoms with Crippen molar-refractivity contribution in [2.75, 3.05) is 0 Å². The molecule has 67 heavy (non-hydrogen) atoms. The van der Waals surface area contributed by atoms with Gasteiger partial charge in [0.1, 0.15) is 30.5 Å². The lowest BCUT2D eigenvalue weighted by atomic mass is 9.96. The van der Waals surface area contributed by atoms with E-state index in [1.165, 1.54) is 0 Å². The minimum Gasteiger partial charge on any atom is -0.481 e. The van der Waals surface area contributed by atoms with Crippen molar-refractivity contribution in [2.24, 2.45) is 69.9 Å². The van der Waals surface area contributed by atoms with Gasteiger partial charge < -0.3 is 68.3 Å². The van der Waals surface area contributed by atoms with Gasteiger partial charge in [0.2, 0.25) is 0 Å². The predicted octanol–water partition coefficient (Wildman–Crippen LogP) is 3.57. The molecule has 0 rings (SSSR count). The predicted molar refractivity (Wildman–Crippen MR) is 255 cm³/mol. The first kappa shape index (κ1) is 63.5. The Hall–Kier alpha value is -3.46. The number of aliphatic hydroxyl groups excluding tert-OH is 1. The molecule has 19 heteroatoms. The topological polar surface area (TPSA) is 345 Å². The molecule has 0 aliphatic rings. The molecule has 0 saturated carbocycles. The van der Waals surface area contributed by atoms with E-state index in [0.717, 1.165) is 0 Å². The maximum Gasteiger partial charge on any atom is 0.309 e. The lowest BCUT2D eigenvalue weighted by molar-refractivity contribution is -0.165. The first-order valence-corrected chi connectivity index (χ1v) is 24.3. The van der Waals surface area contributed by atoms with E-state index < -0.39 is 147 Å². The molecule has 19 nitrogen and oxygen atoms in total. The minimum absolute atomic E-state index is 0.0207. The largest absolute Gasteiger partial charge is 0.481 e. The van der Waals surface area contributed by atoms with Gasteiger partial charge in [-0.2, -0.15) is 0 Å². The molecule has 14 N–H and O–H groups in total. The number of nitrogens with two attached hydrogens (primary N) is 6. The maximum absolute atomic E-state index is 13.8. The van der Waals surface area contributed by atoms with E-state index >= 15 is 0 Å². The highest BCUT2D eigenvalue weighted by Gasteiger charge is 2.36. The van der Waals surface area contributed by atoms with Crippen molar-refractivity contribution < 1.29 is 62.7 Å². The van der Waals surface area contributed by atoms with E-state index in [0.29, 0.717) is 38.5 Å². The van der Waals surface area contributed by atoms with Gasteiger partial charge in [-0.25, -0.2) is 0 Å². The van der Waals surface area contributed by atoms with E-state index in [1.807, 2.05) is 83.1 Å². The van der Waals surface area contributed by atoms with Gasteiger partial charge in [-0.3, -0.25) is 28.8 Å². The van der Waals surface area contributed by atoms with Crippen LogP contribution in [0.1, 0.15) is 160 Å². The van der Waals surface area contributed by atoms with E-state index in [4.69, 9.17) is 58.1 Å². The molecule has 392 valence electrons. The van der Waals surface area contributed by atoms with Crippen LogP contribution in [0.4, 0.5) is 0 Å². The van der Waals surface area contributed by atoms with Gasteiger partial charge in [0.25, 0.3) is 0 Å². The van der Waals surface area contributed by atoms with E-state index in [2.05, 4.69) is 0 Å². The summed E-state index contributed by atoms with van der Waals surface area (Å²) in [4.78, 5) is 79.0. The van der Waals surface area contributed by atoms with Crippen LogP contribution in [-0.2, 0) is 52.5 Å². The molecule has 0 aliphatic heterocycles. The van der Waals surface area contributed by atoms with Gasteiger partial charge in [-0.1, -0.05) is 83.1 Å². The summed E-state index contributed by atoms with van der Waals surface area (Å²) >= 11 is 0. The molecule has 12 atom stereocenters. The number of aliphatic hydroxyl groups is 1. The summed E-state index contributed by atoms with van der Waals surface area (Å²) in [5, 5.41) is 20.0. The molecule has 0 aromatic carbocycles. The first-order valence-electron chi connectivity index (χ1n) is 24.3. The molecular weight excluding hydrogens is 869 g/mol. The highest BCUT2D eigenvalue weighted by Crippen LogP contribution is 2.22. The number of carboxylic acid groups (broad SMARTS) is 1.